The standard InChI is InChI=1S/C34H41NO4/c1-24(20-26(3)21-27(4)22-28-14-16-30(17-15-28)35(37)38)13-19-33(36)39-32-23-25(2)12-18-31(32)34(5,6)29-10-8-7-9-11-29/h7-11,13-17,19-22,25,31-32H,12,18,23H2,1-6H3/b19-13+,24-20-,26-21-,27-22+/t25-,31-,32-/m1/s1. The highest BCUT2D eigenvalue weighted by atomic mass is 16.6. The maximum atomic E-state index is 12.9. The maximum absolute atomic E-state index is 12.9. The molecule has 0 saturated heterocycles. The number of nitrogens with zero attached hydrogens (tertiary/aromatic N) is 1. The molecule has 39 heavy (non-hydrogen) atoms. The van der Waals surface area contributed by atoms with Crippen molar-refractivity contribution in [3.8, 4) is 0 Å². The smallest absolute Gasteiger partial charge is 0.331 e. The van der Waals surface area contributed by atoms with Crippen molar-refractivity contribution in [2.45, 2.75) is 72.3 Å². The van der Waals surface area contributed by atoms with Crippen LogP contribution in [0.3, 0.4) is 0 Å². The van der Waals surface area contributed by atoms with E-state index in [0.717, 1.165) is 41.5 Å². The highest BCUT2D eigenvalue weighted by molar-refractivity contribution is 5.82. The third kappa shape index (κ3) is 8.64. The Balaban J connectivity index is 1.65. The van der Waals surface area contributed by atoms with Gasteiger partial charge in [-0.2, -0.15) is 0 Å². The molecule has 0 aromatic heterocycles. The van der Waals surface area contributed by atoms with Gasteiger partial charge in [0.1, 0.15) is 6.10 Å². The van der Waals surface area contributed by atoms with Gasteiger partial charge in [0.05, 0.1) is 4.92 Å². The molecule has 5 nitrogen and oxygen atoms in total. The SMILES string of the molecule is CC(=C/C(C)=C/c1ccc([N+](=O)[O-])cc1)/C=C(C)\C=C\C(=O)O[C@@H]1C[C@H](C)CC[C@H]1C(C)(C)c1ccccc1. The Labute approximate surface area is 233 Å². The van der Waals surface area contributed by atoms with Crippen molar-refractivity contribution >= 4 is 17.7 Å². The monoisotopic (exact) mass is 527 g/mol. The van der Waals surface area contributed by atoms with Crippen LogP contribution in [0.5, 0.6) is 0 Å². The van der Waals surface area contributed by atoms with Crippen molar-refractivity contribution in [1.29, 1.82) is 0 Å². The average molecular weight is 528 g/mol. The van der Waals surface area contributed by atoms with Crippen LogP contribution in [0.15, 0.2) is 95.6 Å². The minimum absolute atomic E-state index is 0.0776. The van der Waals surface area contributed by atoms with Gasteiger partial charge in [-0.15, -0.1) is 0 Å². The number of carbonyl (C=O) groups excluding carboxylic acids is 1. The lowest BCUT2D eigenvalue weighted by molar-refractivity contribution is -0.384. The molecule has 5 heteroatoms. The molecule has 1 fully saturated rings. The van der Waals surface area contributed by atoms with Crippen LogP contribution in [0.2, 0.25) is 0 Å². The summed E-state index contributed by atoms with van der Waals surface area (Å²) in [5.41, 5.74) is 5.17. The molecule has 0 unspecified atom stereocenters. The molecule has 3 atom stereocenters. The molecular formula is C34H41NO4. The van der Waals surface area contributed by atoms with E-state index in [4.69, 9.17) is 4.74 Å². The van der Waals surface area contributed by atoms with Gasteiger partial charge in [0.15, 0.2) is 0 Å². The molecule has 3 rings (SSSR count). The molecule has 0 aliphatic heterocycles. The van der Waals surface area contributed by atoms with E-state index in [2.05, 4.69) is 45.0 Å². The van der Waals surface area contributed by atoms with Crippen molar-refractivity contribution in [1.82, 2.24) is 0 Å². The topological polar surface area (TPSA) is 69.4 Å². The first-order valence-corrected chi connectivity index (χ1v) is 13.7. The fourth-order valence-electron chi connectivity index (χ4n) is 5.56. The largest absolute Gasteiger partial charge is 0.459 e. The number of nitro groups is 1. The van der Waals surface area contributed by atoms with Gasteiger partial charge in [0, 0.05) is 24.1 Å². The normalized spacial score (nSPS) is 21.2. The van der Waals surface area contributed by atoms with E-state index in [1.165, 1.54) is 23.8 Å². The second-order valence-corrected chi connectivity index (χ2v) is 11.4. The zero-order valence-corrected chi connectivity index (χ0v) is 24.0. The van der Waals surface area contributed by atoms with Gasteiger partial charge in [-0.25, -0.2) is 4.79 Å². The number of nitro benzene ring substituents is 1. The summed E-state index contributed by atoms with van der Waals surface area (Å²) in [6.07, 6.45) is 12.3. The van der Waals surface area contributed by atoms with E-state index in [0.29, 0.717) is 5.92 Å². The van der Waals surface area contributed by atoms with Gasteiger partial charge in [-0.05, 0) is 68.2 Å². The Hall–Kier alpha value is -3.73. The van der Waals surface area contributed by atoms with Crippen molar-refractivity contribution in [2.75, 3.05) is 0 Å². The zero-order chi connectivity index (χ0) is 28.6. The van der Waals surface area contributed by atoms with Gasteiger partial charge in [-0.1, -0.05) is 98.5 Å². The Morgan fingerprint density at radius 3 is 2.21 bits per heavy atom. The van der Waals surface area contributed by atoms with E-state index >= 15 is 0 Å². The molecule has 1 aliphatic carbocycles. The second kappa shape index (κ2) is 13.4. The lowest BCUT2D eigenvalue weighted by Gasteiger charge is -2.43. The van der Waals surface area contributed by atoms with Crippen LogP contribution in [-0.4, -0.2) is 17.0 Å². The van der Waals surface area contributed by atoms with Crippen molar-refractivity contribution in [3.63, 3.8) is 0 Å². The predicted molar refractivity (Wildman–Crippen MR) is 159 cm³/mol. The number of esters is 1. The summed E-state index contributed by atoms with van der Waals surface area (Å²) in [7, 11) is 0. The van der Waals surface area contributed by atoms with Crippen LogP contribution in [-0.2, 0) is 14.9 Å². The summed E-state index contributed by atoms with van der Waals surface area (Å²) in [6, 6.07) is 17.0. The molecule has 0 amide bonds. The van der Waals surface area contributed by atoms with Crippen molar-refractivity contribution < 1.29 is 14.5 Å². The molecule has 0 radical (unpaired) electrons. The summed E-state index contributed by atoms with van der Waals surface area (Å²) in [6.45, 7) is 12.7. The molecule has 2 aromatic rings. The number of allylic oxidation sites excluding steroid dienone is 6. The lowest BCUT2D eigenvalue weighted by Crippen LogP contribution is -2.43. The maximum Gasteiger partial charge on any atom is 0.331 e. The Morgan fingerprint density at radius 2 is 1.56 bits per heavy atom. The average Bonchev–Trinajstić information content (AvgIpc) is 2.88. The molecule has 2 aromatic carbocycles. The first-order valence-electron chi connectivity index (χ1n) is 13.7. The number of benzene rings is 2. The van der Waals surface area contributed by atoms with Crippen LogP contribution < -0.4 is 0 Å². The molecule has 0 bridgehead atoms. The Morgan fingerprint density at radius 1 is 0.923 bits per heavy atom. The number of hydrogen-bond donors (Lipinski definition) is 0. The third-order valence-electron chi connectivity index (χ3n) is 7.66. The fraction of sp³-hybridized carbons (Fsp3) is 0.382. The van der Waals surface area contributed by atoms with Gasteiger partial charge in [-0.3, -0.25) is 10.1 Å². The third-order valence-corrected chi connectivity index (χ3v) is 7.66. The van der Waals surface area contributed by atoms with E-state index in [-0.39, 0.29) is 29.1 Å². The van der Waals surface area contributed by atoms with E-state index in [1.54, 1.807) is 18.2 Å². The van der Waals surface area contributed by atoms with Gasteiger partial charge < -0.3 is 4.74 Å². The van der Waals surface area contributed by atoms with Crippen molar-refractivity contribution in [2.24, 2.45) is 11.8 Å². The summed E-state index contributed by atoms with van der Waals surface area (Å²) in [5.74, 6) is 0.499. The van der Waals surface area contributed by atoms with Gasteiger partial charge >= 0.3 is 5.97 Å². The van der Waals surface area contributed by atoms with E-state index in [9.17, 15) is 14.9 Å². The zero-order valence-electron chi connectivity index (χ0n) is 24.0. The number of rotatable bonds is 9. The highest BCUT2D eigenvalue weighted by Gasteiger charge is 2.41. The minimum Gasteiger partial charge on any atom is -0.459 e. The lowest BCUT2D eigenvalue weighted by atomic mass is 9.64. The number of carbonyl (C=O) groups is 1. The van der Waals surface area contributed by atoms with Crippen molar-refractivity contribution in [3.05, 3.63) is 117 Å². The van der Waals surface area contributed by atoms with Crippen LogP contribution in [0.25, 0.3) is 6.08 Å². The number of hydrogen-bond acceptors (Lipinski definition) is 4. The summed E-state index contributed by atoms with van der Waals surface area (Å²) in [5, 5.41) is 10.8. The molecule has 1 saturated carbocycles. The van der Waals surface area contributed by atoms with Gasteiger partial charge in [0.2, 0.25) is 0 Å². The minimum atomic E-state index is -0.402. The number of ether oxygens (including phenoxy) is 1. The van der Waals surface area contributed by atoms with Gasteiger partial charge in [0.25, 0.3) is 5.69 Å². The van der Waals surface area contributed by atoms with E-state index in [1.807, 2.05) is 45.1 Å². The first-order chi connectivity index (χ1) is 18.5. The summed E-state index contributed by atoms with van der Waals surface area (Å²) >= 11 is 0. The predicted octanol–water partition coefficient (Wildman–Crippen LogP) is 8.77. The number of non-ortho nitro benzene ring substituents is 1. The van der Waals surface area contributed by atoms with Crippen LogP contribution in [0.1, 0.15) is 71.9 Å². The highest BCUT2D eigenvalue weighted by Crippen LogP contribution is 2.43. The summed E-state index contributed by atoms with van der Waals surface area (Å²) in [4.78, 5) is 23.3. The van der Waals surface area contributed by atoms with Crippen LogP contribution >= 0.6 is 0 Å². The van der Waals surface area contributed by atoms with Crippen LogP contribution in [0, 0.1) is 22.0 Å². The summed E-state index contributed by atoms with van der Waals surface area (Å²) < 4.78 is 6.07. The molecule has 0 heterocycles. The molecular weight excluding hydrogens is 486 g/mol. The molecule has 1 aliphatic rings. The Kier molecular flexibility index (Phi) is 10.2. The van der Waals surface area contributed by atoms with E-state index < -0.39 is 4.92 Å². The Bertz CT molecular complexity index is 1270. The quantitative estimate of drug-likeness (QED) is 0.107. The van der Waals surface area contributed by atoms with Crippen LogP contribution in [0.4, 0.5) is 5.69 Å². The molecule has 0 spiro atoms. The molecule has 206 valence electrons. The first kappa shape index (κ1) is 29.8. The fourth-order valence-corrected chi connectivity index (χ4v) is 5.56. The second-order valence-electron chi connectivity index (χ2n) is 11.4. The molecule has 0 N–H and O–H groups in total.